The van der Waals surface area contributed by atoms with E-state index < -0.39 is 0 Å². The van der Waals surface area contributed by atoms with Gasteiger partial charge in [-0.05, 0) is 51.5 Å². The molecule has 0 aliphatic heterocycles. The summed E-state index contributed by atoms with van der Waals surface area (Å²) in [6.07, 6.45) is 1.32. The quantitative estimate of drug-likeness (QED) is 0.664. The molecule has 2 heterocycles. The summed E-state index contributed by atoms with van der Waals surface area (Å²) in [5, 5.41) is 0. The summed E-state index contributed by atoms with van der Waals surface area (Å²) in [7, 11) is 6.00. The van der Waals surface area contributed by atoms with Crippen LogP contribution in [0.15, 0.2) is 36.9 Å². The predicted octanol–water partition coefficient (Wildman–Crippen LogP) is 2.08. The molecule has 2 aromatic rings. The van der Waals surface area contributed by atoms with Crippen LogP contribution < -0.4 is 0 Å². The number of hydrogen-bond donors (Lipinski definition) is 0. The van der Waals surface area contributed by atoms with Crippen molar-refractivity contribution in [3.63, 3.8) is 0 Å². The second-order valence-electron chi connectivity index (χ2n) is 3.74. The van der Waals surface area contributed by atoms with Crippen LogP contribution in [0.25, 0.3) is 11.0 Å². The number of aromatic nitrogens is 1. The number of carbonyl (C=O) groups is 1. The smallest absolute Gasteiger partial charge is 0.254 e. The Morgan fingerprint density at radius 3 is 1.80 bits per heavy atom. The highest BCUT2D eigenvalue weighted by Crippen LogP contribution is 2.16. The minimum Gasteiger partial charge on any atom is -0.312 e. The molecule has 0 saturated carbocycles. The number of benzene rings is 1. The Kier molecular flexibility index (Phi) is 3.63. The molecule has 2 rings (SSSR count). The summed E-state index contributed by atoms with van der Waals surface area (Å²) >= 11 is 0. The molecule has 2 aromatic heterocycles. The first-order valence-electron chi connectivity index (χ1n) is 4.73. The summed E-state index contributed by atoms with van der Waals surface area (Å²) < 4.78 is 1.63. The van der Waals surface area contributed by atoms with Gasteiger partial charge in [-0.1, -0.05) is 6.58 Å². The highest BCUT2D eigenvalue weighted by molar-refractivity contribution is 5.98. The number of hydrogen-bond acceptors (Lipinski definition) is 2. The molecule has 2 bridgehead atoms. The van der Waals surface area contributed by atoms with Gasteiger partial charge in [-0.25, -0.2) is 0 Å². The van der Waals surface area contributed by atoms with Crippen molar-refractivity contribution in [3.05, 3.63) is 36.9 Å². The first kappa shape index (κ1) is 11.5. The highest BCUT2D eigenvalue weighted by Gasteiger charge is 2.07. The lowest BCUT2D eigenvalue weighted by Gasteiger charge is -1.94. The highest BCUT2D eigenvalue weighted by atomic mass is 16.1. The molecule has 80 valence electrons. The molecule has 0 atom stereocenters. The van der Waals surface area contributed by atoms with E-state index in [1.807, 2.05) is 50.3 Å². The molecule has 0 aromatic carbocycles. The monoisotopic (exact) mass is 204 g/mol. The van der Waals surface area contributed by atoms with Crippen molar-refractivity contribution in [1.29, 1.82) is 0 Å². The normalized spacial score (nSPS) is 10.1. The number of fused-ring (bicyclic) bond motifs is 2. The number of allylic oxidation sites excluding steroid dienone is 1. The lowest BCUT2D eigenvalue weighted by atomic mass is 10.4. The van der Waals surface area contributed by atoms with Gasteiger partial charge in [0, 0.05) is 11.0 Å². The van der Waals surface area contributed by atoms with E-state index in [9.17, 15) is 4.79 Å². The van der Waals surface area contributed by atoms with Crippen molar-refractivity contribution < 1.29 is 4.79 Å². The van der Waals surface area contributed by atoms with Gasteiger partial charge in [0.25, 0.3) is 5.91 Å². The Balaban J connectivity index is 0.000000245. The fourth-order valence-corrected chi connectivity index (χ4v) is 1.25. The van der Waals surface area contributed by atoms with E-state index >= 15 is 0 Å². The van der Waals surface area contributed by atoms with Crippen LogP contribution in [0.3, 0.4) is 0 Å². The fraction of sp³-hybridized carbons (Fsp3) is 0.250. The van der Waals surface area contributed by atoms with Crippen molar-refractivity contribution in [2.75, 3.05) is 21.1 Å². The molecule has 0 saturated heterocycles. The maximum absolute atomic E-state index is 11.2. The third kappa shape index (κ3) is 2.67. The van der Waals surface area contributed by atoms with Gasteiger partial charge < -0.3 is 4.90 Å². The second kappa shape index (κ2) is 4.75. The van der Waals surface area contributed by atoms with Crippen LogP contribution in [0.5, 0.6) is 0 Å². The molecule has 3 nitrogen and oxygen atoms in total. The number of rotatable bonds is 1. The number of carbonyl (C=O) groups excluding carboxylic acids is 1. The van der Waals surface area contributed by atoms with Gasteiger partial charge in [0.1, 0.15) is 0 Å². The van der Waals surface area contributed by atoms with E-state index in [2.05, 4.69) is 6.58 Å². The predicted molar refractivity (Wildman–Crippen MR) is 63.6 cm³/mol. The SMILES string of the molecule is C=CC(=O)n1c2ccc1cc2.CN(C)C. The van der Waals surface area contributed by atoms with E-state index in [1.165, 1.54) is 6.08 Å². The molecule has 0 fully saturated rings. The van der Waals surface area contributed by atoms with Crippen LogP contribution >= 0.6 is 0 Å². The van der Waals surface area contributed by atoms with Crippen molar-refractivity contribution >= 4 is 16.9 Å². The summed E-state index contributed by atoms with van der Waals surface area (Å²) in [4.78, 5) is 13.2. The van der Waals surface area contributed by atoms with Crippen molar-refractivity contribution in [3.8, 4) is 0 Å². The van der Waals surface area contributed by atoms with Gasteiger partial charge in [0.2, 0.25) is 0 Å². The van der Waals surface area contributed by atoms with Crippen LogP contribution in [0.1, 0.15) is 4.79 Å². The molecule has 0 radical (unpaired) electrons. The third-order valence-corrected chi connectivity index (χ3v) is 1.76. The maximum Gasteiger partial charge on any atom is 0.254 e. The van der Waals surface area contributed by atoms with Crippen molar-refractivity contribution in [1.82, 2.24) is 9.47 Å². The molecule has 3 heteroatoms. The Labute approximate surface area is 89.9 Å². The lowest BCUT2D eigenvalue weighted by molar-refractivity contribution is 0.0979. The van der Waals surface area contributed by atoms with Gasteiger partial charge in [0.05, 0.1) is 0 Å². The summed E-state index contributed by atoms with van der Waals surface area (Å²) in [5.74, 6) is -0.0648. The Morgan fingerprint density at radius 1 is 1.20 bits per heavy atom. The van der Waals surface area contributed by atoms with E-state index in [0.29, 0.717) is 0 Å². The molecule has 0 N–H and O–H groups in total. The summed E-state index contributed by atoms with van der Waals surface area (Å²) in [6, 6.07) is 7.65. The zero-order valence-corrected chi connectivity index (χ0v) is 9.40. The molecular formula is C12H16N2O. The van der Waals surface area contributed by atoms with E-state index in [1.54, 1.807) is 4.57 Å². The molecule has 0 aliphatic rings. The first-order valence-corrected chi connectivity index (χ1v) is 4.73. The molecule has 0 amide bonds. The van der Waals surface area contributed by atoms with Crippen LogP contribution in [-0.4, -0.2) is 36.5 Å². The number of nitrogens with zero attached hydrogens (tertiary/aromatic N) is 2. The molecule has 0 aliphatic carbocycles. The second-order valence-corrected chi connectivity index (χ2v) is 3.74. The zero-order chi connectivity index (χ0) is 11.4. The fourth-order valence-electron chi connectivity index (χ4n) is 1.25. The summed E-state index contributed by atoms with van der Waals surface area (Å²) in [6.45, 7) is 3.43. The Morgan fingerprint density at radius 2 is 1.53 bits per heavy atom. The van der Waals surface area contributed by atoms with Crippen LogP contribution in [0.2, 0.25) is 0 Å². The molecule has 15 heavy (non-hydrogen) atoms. The minimum atomic E-state index is -0.0648. The van der Waals surface area contributed by atoms with Gasteiger partial charge in [-0.2, -0.15) is 0 Å². The van der Waals surface area contributed by atoms with Gasteiger partial charge in [-0.15, -0.1) is 0 Å². The average molecular weight is 204 g/mol. The van der Waals surface area contributed by atoms with Gasteiger partial charge in [0.15, 0.2) is 0 Å². The van der Waals surface area contributed by atoms with Crippen molar-refractivity contribution in [2.24, 2.45) is 0 Å². The maximum atomic E-state index is 11.2. The van der Waals surface area contributed by atoms with Crippen LogP contribution in [-0.2, 0) is 0 Å². The van der Waals surface area contributed by atoms with E-state index in [4.69, 9.17) is 0 Å². The lowest BCUT2D eigenvalue weighted by Crippen LogP contribution is -2.03. The van der Waals surface area contributed by atoms with E-state index in [0.717, 1.165) is 11.0 Å². The van der Waals surface area contributed by atoms with Gasteiger partial charge in [-0.3, -0.25) is 9.36 Å². The van der Waals surface area contributed by atoms with Gasteiger partial charge >= 0.3 is 0 Å². The molecule has 0 spiro atoms. The Bertz CT molecular complexity index is 392. The van der Waals surface area contributed by atoms with Crippen molar-refractivity contribution in [2.45, 2.75) is 0 Å². The largest absolute Gasteiger partial charge is 0.312 e. The average Bonchev–Trinajstić information content (AvgIpc) is 2.74. The molecule has 0 unspecified atom stereocenters. The first-order chi connectivity index (χ1) is 7.06. The molecular weight excluding hydrogens is 188 g/mol. The third-order valence-electron chi connectivity index (χ3n) is 1.76. The topological polar surface area (TPSA) is 25.2 Å². The zero-order valence-electron chi connectivity index (χ0n) is 9.40. The van der Waals surface area contributed by atoms with Crippen LogP contribution in [0, 0.1) is 0 Å². The summed E-state index contributed by atoms with van der Waals surface area (Å²) in [5.41, 5.74) is 1.87. The Hall–Kier alpha value is -1.61. The van der Waals surface area contributed by atoms with E-state index in [-0.39, 0.29) is 5.91 Å². The minimum absolute atomic E-state index is 0.0648. The van der Waals surface area contributed by atoms with Crippen LogP contribution in [0.4, 0.5) is 0 Å². The standard InChI is InChI=1S/C9H7NO.C3H9N/c1-2-9(11)10-7-3-4-8(10)6-5-7;1-4(2)3/h2-6H,1H2;1-3H3.